The quantitative estimate of drug-likeness (QED) is 0.830. The lowest BCUT2D eigenvalue weighted by Gasteiger charge is -2.15. The van der Waals surface area contributed by atoms with Crippen LogP contribution in [0.25, 0.3) is 0 Å². The first-order valence-electron chi connectivity index (χ1n) is 6.45. The van der Waals surface area contributed by atoms with Crippen molar-refractivity contribution in [3.63, 3.8) is 0 Å². The van der Waals surface area contributed by atoms with Gasteiger partial charge in [0.15, 0.2) is 0 Å². The van der Waals surface area contributed by atoms with Crippen LogP contribution in [0, 0.1) is 0 Å². The second-order valence-corrected chi connectivity index (χ2v) is 4.90. The summed E-state index contributed by atoms with van der Waals surface area (Å²) in [5.74, 6) is 0.346. The highest BCUT2D eigenvalue weighted by Crippen LogP contribution is 2.33. The molecular formula is C14H19ClFNO4. The summed E-state index contributed by atoms with van der Waals surface area (Å²) in [7, 11) is 1.51. The molecular weight excluding hydrogens is 301 g/mol. The lowest BCUT2D eigenvalue weighted by Crippen LogP contribution is -2.18. The van der Waals surface area contributed by atoms with Gasteiger partial charge in [0.1, 0.15) is 19.0 Å². The Morgan fingerprint density at radius 1 is 1.43 bits per heavy atom. The number of alkyl halides is 1. The predicted molar refractivity (Wildman–Crippen MR) is 78.9 cm³/mol. The van der Waals surface area contributed by atoms with Crippen molar-refractivity contribution >= 4 is 23.4 Å². The van der Waals surface area contributed by atoms with E-state index < -0.39 is 12.8 Å². The third kappa shape index (κ3) is 5.77. The maximum absolute atomic E-state index is 12.2. The molecule has 0 aliphatic heterocycles. The summed E-state index contributed by atoms with van der Waals surface area (Å²) >= 11 is 6.10. The van der Waals surface area contributed by atoms with Gasteiger partial charge in [-0.1, -0.05) is 11.6 Å². The molecule has 0 heterocycles. The van der Waals surface area contributed by atoms with E-state index >= 15 is 0 Å². The maximum Gasteiger partial charge on any atom is 0.411 e. The molecule has 0 saturated carbocycles. The van der Waals surface area contributed by atoms with Crippen LogP contribution < -0.4 is 10.1 Å². The van der Waals surface area contributed by atoms with Gasteiger partial charge < -0.3 is 14.2 Å². The van der Waals surface area contributed by atoms with E-state index in [2.05, 4.69) is 5.32 Å². The molecule has 0 fully saturated rings. The van der Waals surface area contributed by atoms with E-state index in [1.807, 2.05) is 0 Å². The van der Waals surface area contributed by atoms with Gasteiger partial charge in [0.05, 0.1) is 17.7 Å². The molecule has 0 aliphatic carbocycles. The molecule has 0 bridgehead atoms. The number of amides is 1. The van der Waals surface area contributed by atoms with Gasteiger partial charge in [-0.2, -0.15) is 0 Å². The minimum absolute atomic E-state index is 0.0986. The number of carbonyl (C=O) groups is 1. The third-order valence-corrected chi connectivity index (χ3v) is 2.61. The first kappa shape index (κ1) is 17.5. The maximum atomic E-state index is 12.2. The second kappa shape index (κ2) is 8.69. The average Bonchev–Trinajstić information content (AvgIpc) is 2.37. The highest BCUT2D eigenvalue weighted by molar-refractivity contribution is 6.32. The molecule has 118 valence electrons. The summed E-state index contributed by atoms with van der Waals surface area (Å²) in [4.78, 5) is 11.6. The number of anilines is 1. The average molecular weight is 320 g/mol. The summed E-state index contributed by atoms with van der Waals surface area (Å²) in [6, 6.07) is 3.15. The van der Waals surface area contributed by atoms with Crippen LogP contribution >= 0.6 is 11.6 Å². The molecule has 1 N–H and O–H groups in total. The Balaban J connectivity index is 2.94. The van der Waals surface area contributed by atoms with Crippen molar-refractivity contribution in [3.8, 4) is 5.75 Å². The zero-order chi connectivity index (χ0) is 15.8. The number of rotatable bonds is 7. The van der Waals surface area contributed by atoms with Gasteiger partial charge in [-0.25, -0.2) is 9.18 Å². The number of hydrogen-bond donors (Lipinski definition) is 1. The van der Waals surface area contributed by atoms with Crippen LogP contribution in [0.15, 0.2) is 12.1 Å². The van der Waals surface area contributed by atoms with Crippen LogP contribution in [0.4, 0.5) is 14.9 Å². The van der Waals surface area contributed by atoms with E-state index in [0.29, 0.717) is 17.0 Å². The van der Waals surface area contributed by atoms with Crippen LogP contribution in [0.1, 0.15) is 19.4 Å². The molecule has 0 radical (unpaired) electrons. The number of methoxy groups -OCH3 is 1. The van der Waals surface area contributed by atoms with Gasteiger partial charge >= 0.3 is 6.09 Å². The number of nitrogens with one attached hydrogen (secondary N) is 1. The van der Waals surface area contributed by atoms with Crippen molar-refractivity contribution in [1.82, 2.24) is 0 Å². The smallest absolute Gasteiger partial charge is 0.411 e. The molecule has 0 unspecified atom stereocenters. The van der Waals surface area contributed by atoms with E-state index in [0.717, 1.165) is 0 Å². The van der Waals surface area contributed by atoms with Crippen LogP contribution in [0.3, 0.4) is 0 Å². The lowest BCUT2D eigenvalue weighted by molar-refractivity contribution is 0.130. The lowest BCUT2D eigenvalue weighted by atomic mass is 10.2. The van der Waals surface area contributed by atoms with Crippen molar-refractivity contribution in [2.45, 2.75) is 26.6 Å². The van der Waals surface area contributed by atoms with E-state index in [1.54, 1.807) is 19.9 Å². The molecule has 21 heavy (non-hydrogen) atoms. The monoisotopic (exact) mass is 319 g/mol. The first-order chi connectivity index (χ1) is 9.97. The Morgan fingerprint density at radius 3 is 2.71 bits per heavy atom. The molecule has 1 amide bonds. The molecule has 0 aromatic heterocycles. The van der Waals surface area contributed by atoms with Crippen molar-refractivity contribution in [1.29, 1.82) is 0 Å². The molecule has 0 atom stereocenters. The van der Waals surface area contributed by atoms with E-state index in [9.17, 15) is 9.18 Å². The molecule has 0 saturated heterocycles. The summed E-state index contributed by atoms with van der Waals surface area (Å²) in [6.45, 7) is 2.99. The number of hydrogen-bond acceptors (Lipinski definition) is 4. The summed E-state index contributed by atoms with van der Waals surface area (Å²) in [5, 5.41) is 2.83. The highest BCUT2D eigenvalue weighted by Gasteiger charge is 2.14. The van der Waals surface area contributed by atoms with Gasteiger partial charge in [0.2, 0.25) is 0 Å². The molecule has 1 aromatic carbocycles. The van der Waals surface area contributed by atoms with Crippen molar-refractivity contribution in [2.75, 3.05) is 25.7 Å². The van der Waals surface area contributed by atoms with Crippen molar-refractivity contribution in [2.24, 2.45) is 0 Å². The number of halogens is 2. The fourth-order valence-electron chi connectivity index (χ4n) is 1.65. The zero-order valence-electron chi connectivity index (χ0n) is 12.2. The number of ether oxygens (including phenoxy) is 3. The number of carbonyl (C=O) groups excluding carboxylic acids is 1. The Morgan fingerprint density at radius 2 is 2.14 bits per heavy atom. The van der Waals surface area contributed by atoms with Crippen LogP contribution in [-0.2, 0) is 16.1 Å². The number of benzene rings is 1. The molecule has 1 rings (SSSR count). The molecule has 7 heteroatoms. The van der Waals surface area contributed by atoms with Crippen molar-refractivity contribution in [3.05, 3.63) is 22.7 Å². The van der Waals surface area contributed by atoms with E-state index in [1.165, 1.54) is 13.2 Å². The summed E-state index contributed by atoms with van der Waals surface area (Å²) < 4.78 is 27.5. The SMILES string of the molecule is COCc1cc(NC(=O)OC(C)C)cc(Cl)c1OCCF. The Kier molecular flexibility index (Phi) is 7.25. The van der Waals surface area contributed by atoms with Gasteiger partial charge in [0, 0.05) is 18.4 Å². The largest absolute Gasteiger partial charge is 0.489 e. The molecule has 1 aromatic rings. The Hall–Kier alpha value is -1.53. The van der Waals surface area contributed by atoms with E-state index in [4.69, 9.17) is 25.8 Å². The minimum atomic E-state index is -0.622. The van der Waals surface area contributed by atoms with Crippen molar-refractivity contribution < 1.29 is 23.4 Å². The topological polar surface area (TPSA) is 56.8 Å². The second-order valence-electron chi connectivity index (χ2n) is 4.50. The van der Waals surface area contributed by atoms with E-state index in [-0.39, 0.29) is 24.3 Å². The first-order valence-corrected chi connectivity index (χ1v) is 6.83. The fourth-order valence-corrected chi connectivity index (χ4v) is 1.94. The highest BCUT2D eigenvalue weighted by atomic mass is 35.5. The Bertz CT molecular complexity index is 482. The third-order valence-electron chi connectivity index (χ3n) is 2.33. The Labute approximate surface area is 128 Å². The van der Waals surface area contributed by atoms with Crippen LogP contribution in [0.2, 0.25) is 5.02 Å². The predicted octanol–water partition coefficient (Wildman–Crippen LogP) is 3.79. The van der Waals surface area contributed by atoms with Gasteiger partial charge in [-0.3, -0.25) is 5.32 Å². The molecule has 5 nitrogen and oxygen atoms in total. The van der Waals surface area contributed by atoms with Gasteiger partial charge in [0.25, 0.3) is 0 Å². The minimum Gasteiger partial charge on any atom is -0.489 e. The summed E-state index contributed by atoms with van der Waals surface area (Å²) in [5.41, 5.74) is 1.06. The molecule has 0 spiro atoms. The molecule has 0 aliphatic rings. The van der Waals surface area contributed by atoms with Crippen LogP contribution in [-0.4, -0.2) is 32.6 Å². The fraction of sp³-hybridized carbons (Fsp3) is 0.500. The van der Waals surface area contributed by atoms with Crippen LogP contribution in [0.5, 0.6) is 5.75 Å². The summed E-state index contributed by atoms with van der Waals surface area (Å²) in [6.07, 6.45) is -0.812. The zero-order valence-corrected chi connectivity index (χ0v) is 13.0. The van der Waals surface area contributed by atoms with Gasteiger partial charge in [-0.05, 0) is 26.0 Å². The van der Waals surface area contributed by atoms with Gasteiger partial charge in [-0.15, -0.1) is 0 Å². The standard InChI is InChI=1S/C14H19ClFNO4/c1-9(2)21-14(18)17-11-6-10(8-19-3)13(12(15)7-11)20-5-4-16/h6-7,9H,4-5,8H2,1-3H3,(H,17,18). The normalized spacial score (nSPS) is 10.6.